The van der Waals surface area contributed by atoms with Crippen LogP contribution in [0, 0.1) is 0 Å². The molecule has 3 saturated heterocycles. The molecule has 0 amide bonds. The number of rotatable bonds is 3. The minimum Gasteiger partial charge on any atom is -0.390 e. The third-order valence-electron chi connectivity index (χ3n) is 7.23. The van der Waals surface area contributed by atoms with E-state index in [1.54, 1.807) is 11.1 Å². The van der Waals surface area contributed by atoms with Crippen LogP contribution in [0.5, 0.6) is 0 Å². The number of β-amino-alcohol motifs (C(OH)–C–C–N with tert-alkyl or cyclic N) is 1. The Morgan fingerprint density at radius 1 is 0.889 bits per heavy atom. The Morgan fingerprint density at radius 3 is 2.48 bits per heavy atom. The summed E-state index contributed by atoms with van der Waals surface area (Å²) in [6.07, 6.45) is 6.05. The van der Waals surface area contributed by atoms with Crippen molar-refractivity contribution in [3.05, 3.63) is 29.3 Å². The predicted molar refractivity (Wildman–Crippen MR) is 107 cm³/mol. The number of hydrogen-bond acceptors (Lipinski definition) is 5. The SMILES string of the molecule is O[C@H]1CN(C2CCN(c3ccc4c(c3)CCC4)CC2)C[C@@H]1N1CCOCC1. The summed E-state index contributed by atoms with van der Waals surface area (Å²) in [5.74, 6) is 0. The molecule has 2 atom stereocenters. The molecule has 3 heterocycles. The van der Waals surface area contributed by atoms with Crippen molar-refractivity contribution >= 4 is 5.69 Å². The van der Waals surface area contributed by atoms with Crippen molar-refractivity contribution in [1.82, 2.24) is 9.80 Å². The molecule has 148 valence electrons. The molecule has 4 aliphatic rings. The average molecular weight is 372 g/mol. The Hall–Kier alpha value is -1.14. The second-order valence-electron chi connectivity index (χ2n) is 8.76. The van der Waals surface area contributed by atoms with Gasteiger partial charge in [-0.3, -0.25) is 9.80 Å². The quantitative estimate of drug-likeness (QED) is 0.872. The minimum absolute atomic E-state index is 0.210. The number of fused-ring (bicyclic) bond motifs is 1. The van der Waals surface area contributed by atoms with Gasteiger partial charge in [0.1, 0.15) is 0 Å². The molecule has 1 aromatic carbocycles. The molecule has 1 aliphatic carbocycles. The van der Waals surface area contributed by atoms with E-state index in [2.05, 4.69) is 32.9 Å². The third-order valence-corrected chi connectivity index (χ3v) is 7.23. The van der Waals surface area contributed by atoms with Crippen LogP contribution in [-0.2, 0) is 17.6 Å². The fraction of sp³-hybridized carbons (Fsp3) is 0.727. The van der Waals surface area contributed by atoms with E-state index in [4.69, 9.17) is 4.74 Å². The van der Waals surface area contributed by atoms with E-state index in [0.29, 0.717) is 12.1 Å². The van der Waals surface area contributed by atoms with Crippen molar-refractivity contribution in [2.75, 3.05) is 57.4 Å². The maximum atomic E-state index is 10.6. The summed E-state index contributed by atoms with van der Waals surface area (Å²) in [5, 5.41) is 10.6. The molecule has 0 radical (unpaired) electrons. The lowest BCUT2D eigenvalue weighted by Crippen LogP contribution is -2.49. The van der Waals surface area contributed by atoms with Gasteiger partial charge in [-0.1, -0.05) is 6.07 Å². The summed E-state index contributed by atoms with van der Waals surface area (Å²) >= 11 is 0. The Balaban J connectivity index is 1.17. The molecule has 1 N–H and O–H groups in total. The van der Waals surface area contributed by atoms with Gasteiger partial charge in [0.25, 0.3) is 0 Å². The van der Waals surface area contributed by atoms with Crippen molar-refractivity contribution in [2.45, 2.75) is 50.3 Å². The average Bonchev–Trinajstić information content (AvgIpc) is 3.34. The second kappa shape index (κ2) is 7.70. The number of likely N-dealkylation sites (tertiary alicyclic amines) is 1. The lowest BCUT2D eigenvalue weighted by molar-refractivity contribution is -0.00629. The number of benzene rings is 1. The Bertz CT molecular complexity index is 653. The van der Waals surface area contributed by atoms with Gasteiger partial charge in [0.2, 0.25) is 0 Å². The molecule has 27 heavy (non-hydrogen) atoms. The highest BCUT2D eigenvalue weighted by atomic mass is 16.5. The Morgan fingerprint density at radius 2 is 1.67 bits per heavy atom. The molecule has 0 aromatic heterocycles. The zero-order valence-corrected chi connectivity index (χ0v) is 16.4. The van der Waals surface area contributed by atoms with Crippen molar-refractivity contribution < 1.29 is 9.84 Å². The topological polar surface area (TPSA) is 39.2 Å². The number of morpholine rings is 1. The summed E-state index contributed by atoms with van der Waals surface area (Å²) in [7, 11) is 0. The van der Waals surface area contributed by atoms with Crippen LogP contribution >= 0.6 is 0 Å². The molecule has 3 aliphatic heterocycles. The van der Waals surface area contributed by atoms with Crippen LogP contribution in [0.4, 0.5) is 5.69 Å². The van der Waals surface area contributed by atoms with Crippen LogP contribution in [0.3, 0.4) is 0 Å². The zero-order valence-electron chi connectivity index (χ0n) is 16.4. The highest BCUT2D eigenvalue weighted by Crippen LogP contribution is 2.30. The van der Waals surface area contributed by atoms with Crippen molar-refractivity contribution in [3.8, 4) is 0 Å². The fourth-order valence-corrected chi connectivity index (χ4v) is 5.61. The molecule has 5 heteroatoms. The van der Waals surface area contributed by atoms with Gasteiger partial charge < -0.3 is 14.7 Å². The number of anilines is 1. The van der Waals surface area contributed by atoms with E-state index in [9.17, 15) is 5.11 Å². The van der Waals surface area contributed by atoms with E-state index in [0.717, 1.165) is 52.5 Å². The molecule has 0 bridgehead atoms. The summed E-state index contributed by atoms with van der Waals surface area (Å²) in [4.78, 5) is 7.57. The van der Waals surface area contributed by atoms with Crippen LogP contribution < -0.4 is 4.90 Å². The number of aryl methyl sites for hydroxylation is 2. The van der Waals surface area contributed by atoms with E-state index in [1.807, 2.05) is 0 Å². The maximum Gasteiger partial charge on any atom is 0.0834 e. The fourth-order valence-electron chi connectivity index (χ4n) is 5.61. The first kappa shape index (κ1) is 17.9. The van der Waals surface area contributed by atoms with E-state index >= 15 is 0 Å². The molecule has 5 rings (SSSR count). The van der Waals surface area contributed by atoms with Crippen LogP contribution in [0.25, 0.3) is 0 Å². The molecule has 5 nitrogen and oxygen atoms in total. The van der Waals surface area contributed by atoms with Crippen LogP contribution in [-0.4, -0.2) is 85.6 Å². The van der Waals surface area contributed by atoms with Crippen molar-refractivity contribution in [3.63, 3.8) is 0 Å². The van der Waals surface area contributed by atoms with Crippen LogP contribution in [0.1, 0.15) is 30.4 Å². The van der Waals surface area contributed by atoms with E-state index in [-0.39, 0.29) is 6.10 Å². The van der Waals surface area contributed by atoms with Gasteiger partial charge in [0.05, 0.1) is 19.3 Å². The minimum atomic E-state index is -0.210. The standard InChI is InChI=1S/C22H33N3O2/c26-22-16-25(15-21(22)24-10-12-27-13-11-24)19-6-8-23(9-7-19)20-5-4-17-2-1-3-18(17)14-20/h4-5,14,19,21-22,26H,1-3,6-13,15-16H2/t21-,22-/m0/s1. The number of nitrogens with zero attached hydrogens (tertiary/aromatic N) is 3. The lowest BCUT2D eigenvalue weighted by atomic mass is 10.0. The van der Waals surface area contributed by atoms with Gasteiger partial charge in [-0.25, -0.2) is 0 Å². The Kier molecular flexibility index (Phi) is 5.11. The Labute approximate surface area is 162 Å². The summed E-state index contributed by atoms with van der Waals surface area (Å²) in [6, 6.07) is 8.04. The first-order valence-corrected chi connectivity index (χ1v) is 10.9. The molecule has 0 spiro atoms. The van der Waals surface area contributed by atoms with Crippen LogP contribution in [0.2, 0.25) is 0 Å². The van der Waals surface area contributed by atoms with Gasteiger partial charge in [0, 0.05) is 57.0 Å². The molecule has 3 fully saturated rings. The maximum absolute atomic E-state index is 10.6. The number of hydrogen-bond donors (Lipinski definition) is 1. The number of aliphatic hydroxyl groups excluding tert-OH is 1. The summed E-state index contributed by atoms with van der Waals surface area (Å²) in [5.41, 5.74) is 4.56. The summed E-state index contributed by atoms with van der Waals surface area (Å²) < 4.78 is 5.48. The highest BCUT2D eigenvalue weighted by molar-refractivity contribution is 5.52. The smallest absolute Gasteiger partial charge is 0.0834 e. The second-order valence-corrected chi connectivity index (χ2v) is 8.76. The molecule has 0 saturated carbocycles. The molecular formula is C22H33N3O2. The first-order valence-electron chi connectivity index (χ1n) is 10.9. The molecule has 0 unspecified atom stereocenters. The van der Waals surface area contributed by atoms with Crippen molar-refractivity contribution in [1.29, 1.82) is 0 Å². The van der Waals surface area contributed by atoms with E-state index in [1.165, 1.54) is 37.8 Å². The van der Waals surface area contributed by atoms with Gasteiger partial charge in [-0.15, -0.1) is 0 Å². The van der Waals surface area contributed by atoms with Gasteiger partial charge in [-0.2, -0.15) is 0 Å². The predicted octanol–water partition coefficient (Wildman–Crippen LogP) is 1.52. The zero-order chi connectivity index (χ0) is 18.2. The van der Waals surface area contributed by atoms with Crippen LogP contribution in [0.15, 0.2) is 18.2 Å². The normalized spacial score (nSPS) is 30.8. The van der Waals surface area contributed by atoms with E-state index < -0.39 is 0 Å². The molecule has 1 aromatic rings. The largest absolute Gasteiger partial charge is 0.390 e. The first-order chi connectivity index (χ1) is 13.3. The highest BCUT2D eigenvalue weighted by Gasteiger charge is 2.39. The van der Waals surface area contributed by atoms with Gasteiger partial charge in [0.15, 0.2) is 0 Å². The van der Waals surface area contributed by atoms with Gasteiger partial charge in [-0.05, 0) is 55.4 Å². The van der Waals surface area contributed by atoms with Gasteiger partial charge >= 0.3 is 0 Å². The molecular weight excluding hydrogens is 338 g/mol. The summed E-state index contributed by atoms with van der Waals surface area (Å²) in [6.45, 7) is 7.68. The lowest BCUT2D eigenvalue weighted by Gasteiger charge is -2.38. The monoisotopic (exact) mass is 371 g/mol. The number of ether oxygens (including phenoxy) is 1. The third kappa shape index (κ3) is 3.63. The number of aliphatic hydroxyl groups is 1. The number of piperidine rings is 1. The van der Waals surface area contributed by atoms with Crippen molar-refractivity contribution in [2.24, 2.45) is 0 Å².